The van der Waals surface area contributed by atoms with Gasteiger partial charge in [0.05, 0.1) is 19.8 Å². The second kappa shape index (κ2) is 6.23. The Hall–Kier alpha value is -3.02. The Morgan fingerprint density at radius 2 is 1.88 bits per heavy atom. The zero-order valence-corrected chi connectivity index (χ0v) is 13.4. The van der Waals surface area contributed by atoms with Gasteiger partial charge in [-0.1, -0.05) is 18.2 Å². The van der Waals surface area contributed by atoms with Crippen LogP contribution >= 0.6 is 0 Å². The van der Waals surface area contributed by atoms with Crippen LogP contribution in [0.1, 0.15) is 21.8 Å². The van der Waals surface area contributed by atoms with Gasteiger partial charge in [-0.2, -0.15) is 0 Å². The number of hydrogen-bond donors (Lipinski definition) is 1. The maximum absolute atomic E-state index is 13.0. The van der Waals surface area contributed by atoms with Gasteiger partial charge in [-0.25, -0.2) is 0 Å². The number of carboxylic acid groups (broad SMARTS) is 1. The molecular weight excluding hydrogens is 310 g/mol. The molecule has 1 unspecified atom stereocenters. The number of para-hydroxylation sites is 1. The molecule has 24 heavy (non-hydrogen) atoms. The fourth-order valence-electron chi connectivity index (χ4n) is 2.93. The summed E-state index contributed by atoms with van der Waals surface area (Å²) in [5, 5.41) is 9.42. The molecule has 0 bridgehead atoms. The van der Waals surface area contributed by atoms with Gasteiger partial charge in [0.25, 0.3) is 5.91 Å². The summed E-state index contributed by atoms with van der Waals surface area (Å²) in [4.78, 5) is 26.0. The zero-order chi connectivity index (χ0) is 17.3. The van der Waals surface area contributed by atoms with Crippen molar-refractivity contribution in [2.75, 3.05) is 25.7 Å². The van der Waals surface area contributed by atoms with Crippen molar-refractivity contribution in [1.29, 1.82) is 0 Å². The summed E-state index contributed by atoms with van der Waals surface area (Å²) < 4.78 is 10.4. The molecule has 1 amide bonds. The lowest BCUT2D eigenvalue weighted by molar-refractivity contribution is -0.138. The summed E-state index contributed by atoms with van der Waals surface area (Å²) in [7, 11) is 3.01. The van der Waals surface area contributed by atoms with Crippen molar-refractivity contribution in [2.45, 2.75) is 5.92 Å². The van der Waals surface area contributed by atoms with E-state index in [1.807, 2.05) is 0 Å². The van der Waals surface area contributed by atoms with Gasteiger partial charge in [0.2, 0.25) is 0 Å². The van der Waals surface area contributed by atoms with E-state index in [4.69, 9.17) is 9.47 Å². The number of carboxylic acids is 1. The maximum atomic E-state index is 13.0. The molecule has 2 aromatic rings. The molecule has 1 atom stereocenters. The summed E-state index contributed by atoms with van der Waals surface area (Å²) >= 11 is 0. The minimum Gasteiger partial charge on any atom is -0.497 e. The molecule has 0 radical (unpaired) electrons. The predicted molar refractivity (Wildman–Crippen MR) is 88.0 cm³/mol. The second-order valence-electron chi connectivity index (χ2n) is 5.43. The Kier molecular flexibility index (Phi) is 4.12. The topological polar surface area (TPSA) is 76.1 Å². The minimum atomic E-state index is -0.945. The number of nitrogens with zero attached hydrogens (tertiary/aromatic N) is 1. The third-order valence-electron chi connectivity index (χ3n) is 4.15. The van der Waals surface area contributed by atoms with Crippen molar-refractivity contribution in [3.05, 3.63) is 53.6 Å². The maximum Gasteiger partial charge on any atom is 0.312 e. The smallest absolute Gasteiger partial charge is 0.312 e. The number of anilines is 1. The molecule has 1 aliphatic rings. The van der Waals surface area contributed by atoms with E-state index in [9.17, 15) is 14.7 Å². The number of ether oxygens (including phenoxy) is 2. The molecule has 0 fully saturated rings. The van der Waals surface area contributed by atoms with Gasteiger partial charge in [-0.3, -0.25) is 9.59 Å². The lowest BCUT2D eigenvalue weighted by atomic mass is 10.0. The average Bonchev–Trinajstić information content (AvgIpc) is 3.00. The molecule has 6 heteroatoms. The number of rotatable bonds is 4. The highest BCUT2D eigenvalue weighted by atomic mass is 16.5. The van der Waals surface area contributed by atoms with E-state index in [1.54, 1.807) is 42.5 Å². The first-order chi connectivity index (χ1) is 11.6. The molecular formula is C18H17NO5. The van der Waals surface area contributed by atoms with Crippen LogP contribution in [0.2, 0.25) is 0 Å². The van der Waals surface area contributed by atoms with Crippen molar-refractivity contribution in [2.24, 2.45) is 0 Å². The highest BCUT2D eigenvalue weighted by Crippen LogP contribution is 2.38. The van der Waals surface area contributed by atoms with Crippen molar-refractivity contribution < 1.29 is 24.2 Å². The van der Waals surface area contributed by atoms with E-state index in [0.29, 0.717) is 28.3 Å². The summed E-state index contributed by atoms with van der Waals surface area (Å²) in [5.74, 6) is -1.01. The van der Waals surface area contributed by atoms with Crippen molar-refractivity contribution in [3.63, 3.8) is 0 Å². The summed E-state index contributed by atoms with van der Waals surface area (Å²) in [6.07, 6.45) is 0. The third kappa shape index (κ3) is 2.56. The molecule has 0 saturated heterocycles. The standard InChI is InChI=1S/C18H17NO5/c1-23-11-7-8-13(16(9-11)24-2)17(20)19-10-14(18(21)22)12-5-3-4-6-15(12)19/h3-9,14H,10H2,1-2H3,(H,21,22). The number of aliphatic carboxylic acids is 1. The number of amides is 1. The van der Waals surface area contributed by atoms with Crippen LogP contribution in [-0.2, 0) is 4.79 Å². The minimum absolute atomic E-state index is 0.0999. The number of carbonyl (C=O) groups is 2. The summed E-state index contributed by atoms with van der Waals surface area (Å²) in [5.41, 5.74) is 1.62. The van der Waals surface area contributed by atoms with Crippen LogP contribution < -0.4 is 14.4 Å². The summed E-state index contributed by atoms with van der Waals surface area (Å²) in [6.45, 7) is 0.0999. The fourth-order valence-corrected chi connectivity index (χ4v) is 2.93. The van der Waals surface area contributed by atoms with Crippen molar-refractivity contribution in [3.8, 4) is 11.5 Å². The molecule has 3 rings (SSSR count). The van der Waals surface area contributed by atoms with E-state index >= 15 is 0 Å². The van der Waals surface area contributed by atoms with Crippen LogP contribution in [0.4, 0.5) is 5.69 Å². The van der Waals surface area contributed by atoms with Gasteiger partial charge in [0.1, 0.15) is 17.4 Å². The number of methoxy groups -OCH3 is 2. The lowest BCUT2D eigenvalue weighted by Crippen LogP contribution is -2.31. The first kappa shape index (κ1) is 15.9. The Balaban J connectivity index is 2.01. The Labute approximate surface area is 139 Å². The zero-order valence-electron chi connectivity index (χ0n) is 13.4. The SMILES string of the molecule is COc1ccc(C(=O)N2CC(C(=O)O)c3ccccc32)c(OC)c1. The van der Waals surface area contributed by atoms with Gasteiger partial charge in [0.15, 0.2) is 0 Å². The van der Waals surface area contributed by atoms with Gasteiger partial charge < -0.3 is 19.5 Å². The molecule has 0 spiro atoms. The Bertz CT molecular complexity index is 802. The monoisotopic (exact) mass is 327 g/mol. The van der Waals surface area contributed by atoms with E-state index in [1.165, 1.54) is 19.1 Å². The van der Waals surface area contributed by atoms with Crippen LogP contribution in [0.5, 0.6) is 11.5 Å². The van der Waals surface area contributed by atoms with Crippen LogP contribution in [0.15, 0.2) is 42.5 Å². The van der Waals surface area contributed by atoms with E-state index in [2.05, 4.69) is 0 Å². The quantitative estimate of drug-likeness (QED) is 0.934. The lowest BCUT2D eigenvalue weighted by Gasteiger charge is -2.19. The average molecular weight is 327 g/mol. The van der Waals surface area contributed by atoms with Crippen molar-refractivity contribution in [1.82, 2.24) is 0 Å². The van der Waals surface area contributed by atoms with Gasteiger partial charge in [0, 0.05) is 18.3 Å². The van der Waals surface area contributed by atoms with Crippen molar-refractivity contribution >= 4 is 17.6 Å². The number of hydrogen-bond acceptors (Lipinski definition) is 4. The van der Waals surface area contributed by atoms with E-state index in [0.717, 1.165) is 0 Å². The van der Waals surface area contributed by atoms with E-state index < -0.39 is 11.9 Å². The molecule has 2 aromatic carbocycles. The normalized spacial score (nSPS) is 15.8. The molecule has 1 N–H and O–H groups in total. The summed E-state index contributed by atoms with van der Waals surface area (Å²) in [6, 6.07) is 12.0. The number of fused-ring (bicyclic) bond motifs is 1. The highest BCUT2D eigenvalue weighted by molar-refractivity contribution is 6.10. The Morgan fingerprint density at radius 3 is 2.54 bits per heavy atom. The molecule has 0 aliphatic carbocycles. The Morgan fingerprint density at radius 1 is 1.12 bits per heavy atom. The first-order valence-electron chi connectivity index (χ1n) is 7.42. The highest BCUT2D eigenvalue weighted by Gasteiger charge is 2.37. The fraction of sp³-hybridized carbons (Fsp3) is 0.222. The molecule has 124 valence electrons. The molecule has 0 aromatic heterocycles. The third-order valence-corrected chi connectivity index (χ3v) is 4.15. The number of carbonyl (C=O) groups excluding carboxylic acids is 1. The molecule has 0 saturated carbocycles. The number of benzene rings is 2. The van der Waals surface area contributed by atoms with Gasteiger partial charge in [-0.05, 0) is 23.8 Å². The molecule has 1 heterocycles. The van der Waals surface area contributed by atoms with E-state index in [-0.39, 0.29) is 12.5 Å². The predicted octanol–water partition coefficient (Wildman–Crippen LogP) is 2.53. The largest absolute Gasteiger partial charge is 0.497 e. The van der Waals surface area contributed by atoms with Crippen LogP contribution in [0, 0.1) is 0 Å². The van der Waals surface area contributed by atoms with Crippen LogP contribution in [-0.4, -0.2) is 37.7 Å². The van der Waals surface area contributed by atoms with Crippen LogP contribution in [0.25, 0.3) is 0 Å². The second-order valence-corrected chi connectivity index (χ2v) is 5.43. The van der Waals surface area contributed by atoms with Gasteiger partial charge in [-0.15, -0.1) is 0 Å². The van der Waals surface area contributed by atoms with Gasteiger partial charge >= 0.3 is 5.97 Å². The van der Waals surface area contributed by atoms with Crippen LogP contribution in [0.3, 0.4) is 0 Å². The first-order valence-corrected chi connectivity index (χ1v) is 7.42. The molecule has 6 nitrogen and oxygen atoms in total. The molecule has 1 aliphatic heterocycles.